The quantitative estimate of drug-likeness (QED) is 0.923. The molecule has 2 fully saturated rings. The van der Waals surface area contributed by atoms with Crippen molar-refractivity contribution >= 4 is 11.8 Å². The summed E-state index contributed by atoms with van der Waals surface area (Å²) in [5.41, 5.74) is 0.301. The predicted molar refractivity (Wildman–Crippen MR) is 82.0 cm³/mol. The van der Waals surface area contributed by atoms with Gasteiger partial charge in [0.15, 0.2) is 6.10 Å². The molecule has 23 heavy (non-hydrogen) atoms. The first-order chi connectivity index (χ1) is 11.1. The van der Waals surface area contributed by atoms with Crippen molar-refractivity contribution in [1.29, 1.82) is 0 Å². The molecule has 0 aromatic heterocycles. The predicted octanol–water partition coefficient (Wildman–Crippen LogP) is 1.78. The number of likely N-dealkylation sites (N-methyl/N-ethyl adjacent to an activating group) is 1. The van der Waals surface area contributed by atoms with Crippen LogP contribution in [0.25, 0.3) is 0 Å². The summed E-state index contributed by atoms with van der Waals surface area (Å²) >= 11 is 0. The van der Waals surface area contributed by atoms with Gasteiger partial charge in [0.1, 0.15) is 12.4 Å². The summed E-state index contributed by atoms with van der Waals surface area (Å²) in [5.74, 6) is -0.978. The fraction of sp³-hybridized carbons (Fsp3) is 0.529. The van der Waals surface area contributed by atoms with Crippen LogP contribution in [0.1, 0.15) is 37.3 Å². The van der Waals surface area contributed by atoms with Gasteiger partial charge < -0.3 is 15.0 Å². The number of rotatable bonds is 3. The fourth-order valence-corrected chi connectivity index (χ4v) is 3.37. The molecule has 1 N–H and O–H groups in total. The summed E-state index contributed by atoms with van der Waals surface area (Å²) in [7, 11) is 1.58. The van der Waals surface area contributed by atoms with Crippen molar-refractivity contribution in [3.8, 4) is 0 Å². The van der Waals surface area contributed by atoms with Crippen LogP contribution in [0.3, 0.4) is 0 Å². The Morgan fingerprint density at radius 1 is 1.30 bits per heavy atom. The Kier molecular flexibility index (Phi) is 4.61. The third-order valence-electron chi connectivity index (χ3n) is 4.67. The number of ether oxygens (including phenoxy) is 1. The van der Waals surface area contributed by atoms with Crippen LogP contribution in [0.4, 0.5) is 4.39 Å². The summed E-state index contributed by atoms with van der Waals surface area (Å²) < 4.78 is 19.7. The van der Waals surface area contributed by atoms with Crippen molar-refractivity contribution < 1.29 is 18.7 Å². The van der Waals surface area contributed by atoms with Crippen LogP contribution >= 0.6 is 0 Å². The van der Waals surface area contributed by atoms with E-state index in [2.05, 4.69) is 5.32 Å². The maximum absolute atomic E-state index is 14.2. The minimum Gasteiger partial charge on any atom is -0.356 e. The Morgan fingerprint density at radius 3 is 2.70 bits per heavy atom. The van der Waals surface area contributed by atoms with Crippen LogP contribution in [0.15, 0.2) is 24.3 Å². The third-order valence-corrected chi connectivity index (χ3v) is 4.67. The Bertz CT molecular complexity index is 601. The molecule has 0 bridgehead atoms. The van der Waals surface area contributed by atoms with Crippen LogP contribution in [0.2, 0.25) is 0 Å². The molecule has 6 heteroatoms. The number of nitrogens with one attached hydrogen (secondary N) is 1. The zero-order valence-corrected chi connectivity index (χ0v) is 13.1. The Labute approximate surface area is 134 Å². The molecule has 0 radical (unpaired) electrons. The highest BCUT2D eigenvalue weighted by Gasteiger charge is 2.41. The number of carbonyl (C=O) groups excluding carboxylic acids is 2. The monoisotopic (exact) mass is 320 g/mol. The van der Waals surface area contributed by atoms with Crippen LogP contribution in [0.5, 0.6) is 0 Å². The van der Waals surface area contributed by atoms with E-state index in [0.717, 1.165) is 25.7 Å². The zero-order chi connectivity index (χ0) is 16.4. The summed E-state index contributed by atoms with van der Waals surface area (Å²) in [4.78, 5) is 26.0. The molecule has 2 amide bonds. The summed E-state index contributed by atoms with van der Waals surface area (Å²) in [5, 5.41) is 2.98. The molecule has 1 aliphatic carbocycles. The zero-order valence-electron chi connectivity index (χ0n) is 13.1. The first-order valence-corrected chi connectivity index (χ1v) is 8.00. The van der Waals surface area contributed by atoms with Crippen molar-refractivity contribution in [2.24, 2.45) is 0 Å². The van der Waals surface area contributed by atoms with E-state index in [1.165, 1.54) is 11.0 Å². The summed E-state index contributed by atoms with van der Waals surface area (Å²) in [6.07, 6.45) is 3.22. The maximum atomic E-state index is 14.2. The Morgan fingerprint density at radius 2 is 2.00 bits per heavy atom. The number of carbonyl (C=O) groups is 2. The Hall–Kier alpha value is -1.95. The smallest absolute Gasteiger partial charge is 0.251 e. The highest BCUT2D eigenvalue weighted by Crippen LogP contribution is 2.31. The van der Waals surface area contributed by atoms with Crippen LogP contribution in [-0.2, 0) is 14.3 Å². The SMILES string of the molecule is CN1C(=O)CO[C@H](C(=O)NC2CCCC2)[C@H]1c1ccccc1F. The largest absolute Gasteiger partial charge is 0.356 e. The van der Waals surface area contributed by atoms with Crippen molar-refractivity contribution in [1.82, 2.24) is 10.2 Å². The van der Waals surface area contributed by atoms with Gasteiger partial charge in [-0.1, -0.05) is 31.0 Å². The second kappa shape index (κ2) is 6.66. The summed E-state index contributed by atoms with van der Waals surface area (Å²) in [6.45, 7) is -0.162. The van der Waals surface area contributed by atoms with E-state index >= 15 is 0 Å². The molecule has 0 spiro atoms. The van der Waals surface area contributed by atoms with E-state index in [9.17, 15) is 14.0 Å². The molecule has 1 saturated carbocycles. The standard InChI is InChI=1S/C17H21FN2O3/c1-20-14(21)10-23-16(17(22)19-11-6-2-3-7-11)15(20)12-8-4-5-9-13(12)18/h4-5,8-9,11,15-16H,2-3,6-7,10H2,1H3,(H,19,22)/t15-,16+/m1/s1. The van der Waals surface area contributed by atoms with Gasteiger partial charge in [-0.3, -0.25) is 9.59 Å². The normalized spacial score (nSPS) is 25.7. The number of halogens is 1. The van der Waals surface area contributed by atoms with E-state index in [4.69, 9.17) is 4.74 Å². The first kappa shape index (κ1) is 15.9. The van der Waals surface area contributed by atoms with Gasteiger partial charge in [0.05, 0.1) is 6.04 Å². The van der Waals surface area contributed by atoms with Crippen LogP contribution in [0, 0.1) is 5.82 Å². The molecular weight excluding hydrogens is 299 g/mol. The van der Waals surface area contributed by atoms with E-state index in [1.54, 1.807) is 25.2 Å². The molecule has 124 valence electrons. The van der Waals surface area contributed by atoms with E-state index in [1.807, 2.05) is 0 Å². The summed E-state index contributed by atoms with van der Waals surface area (Å²) in [6, 6.07) is 5.59. The lowest BCUT2D eigenvalue weighted by molar-refractivity contribution is -0.162. The number of amides is 2. The average molecular weight is 320 g/mol. The van der Waals surface area contributed by atoms with Gasteiger partial charge in [-0.2, -0.15) is 0 Å². The first-order valence-electron chi connectivity index (χ1n) is 8.00. The maximum Gasteiger partial charge on any atom is 0.251 e. The topological polar surface area (TPSA) is 58.6 Å². The molecule has 1 aromatic rings. The van der Waals surface area contributed by atoms with Gasteiger partial charge in [-0.25, -0.2) is 4.39 Å². The van der Waals surface area contributed by atoms with Crippen molar-refractivity contribution in [3.63, 3.8) is 0 Å². The molecule has 3 rings (SSSR count). The minimum atomic E-state index is -0.893. The lowest BCUT2D eigenvalue weighted by atomic mass is 9.97. The van der Waals surface area contributed by atoms with Crippen molar-refractivity contribution in [2.45, 2.75) is 43.9 Å². The molecule has 2 atom stereocenters. The highest BCUT2D eigenvalue weighted by molar-refractivity contribution is 5.86. The van der Waals surface area contributed by atoms with Gasteiger partial charge in [0.2, 0.25) is 5.91 Å². The lowest BCUT2D eigenvalue weighted by Crippen LogP contribution is -2.54. The average Bonchev–Trinajstić information content (AvgIpc) is 3.03. The molecule has 1 aromatic carbocycles. The van der Waals surface area contributed by atoms with Crippen LogP contribution < -0.4 is 5.32 Å². The second-order valence-corrected chi connectivity index (χ2v) is 6.19. The van der Waals surface area contributed by atoms with Crippen molar-refractivity contribution in [3.05, 3.63) is 35.6 Å². The third kappa shape index (κ3) is 3.22. The van der Waals surface area contributed by atoms with E-state index < -0.39 is 18.0 Å². The Balaban J connectivity index is 1.85. The number of hydrogen-bond acceptors (Lipinski definition) is 3. The van der Waals surface area contributed by atoms with Crippen LogP contribution in [-0.4, -0.2) is 42.5 Å². The molecule has 1 aliphatic heterocycles. The fourth-order valence-electron chi connectivity index (χ4n) is 3.37. The highest BCUT2D eigenvalue weighted by atomic mass is 19.1. The number of nitrogens with zero attached hydrogens (tertiary/aromatic N) is 1. The van der Waals surface area contributed by atoms with Gasteiger partial charge in [0, 0.05) is 18.7 Å². The number of benzene rings is 1. The number of morpholine rings is 1. The molecule has 1 saturated heterocycles. The molecule has 0 unspecified atom stereocenters. The second-order valence-electron chi connectivity index (χ2n) is 6.19. The van der Waals surface area contributed by atoms with E-state index in [-0.39, 0.29) is 24.5 Å². The number of hydrogen-bond donors (Lipinski definition) is 1. The van der Waals surface area contributed by atoms with Gasteiger partial charge in [-0.15, -0.1) is 0 Å². The lowest BCUT2D eigenvalue weighted by Gasteiger charge is -2.38. The molecule has 5 nitrogen and oxygen atoms in total. The van der Waals surface area contributed by atoms with E-state index in [0.29, 0.717) is 5.56 Å². The minimum absolute atomic E-state index is 0.148. The van der Waals surface area contributed by atoms with Crippen molar-refractivity contribution in [2.75, 3.05) is 13.7 Å². The van der Waals surface area contributed by atoms with Gasteiger partial charge in [0.25, 0.3) is 5.91 Å². The molecule has 1 heterocycles. The van der Waals surface area contributed by atoms with Gasteiger partial charge in [-0.05, 0) is 18.9 Å². The van der Waals surface area contributed by atoms with Gasteiger partial charge >= 0.3 is 0 Å². The molecule has 2 aliphatic rings. The molecular formula is C17H21FN2O3.